The summed E-state index contributed by atoms with van der Waals surface area (Å²) >= 11 is 0. The SMILES string of the molecule is CC(C(=O)NCC(=O)Nc1ccc(F)c(F)c1F)N(C)CCCOc1ccccc1. The van der Waals surface area contributed by atoms with Gasteiger partial charge in [0.1, 0.15) is 5.75 Å². The largest absolute Gasteiger partial charge is 0.494 e. The van der Waals surface area contributed by atoms with E-state index in [1.54, 1.807) is 18.9 Å². The number of nitrogens with zero attached hydrogens (tertiary/aromatic N) is 1. The molecule has 0 saturated carbocycles. The average Bonchev–Trinajstić information content (AvgIpc) is 2.75. The van der Waals surface area contributed by atoms with Gasteiger partial charge in [0.2, 0.25) is 11.8 Å². The highest BCUT2D eigenvalue weighted by atomic mass is 19.2. The lowest BCUT2D eigenvalue weighted by molar-refractivity contribution is -0.127. The lowest BCUT2D eigenvalue weighted by atomic mass is 10.2. The van der Waals surface area contributed by atoms with Gasteiger partial charge in [0.25, 0.3) is 0 Å². The van der Waals surface area contributed by atoms with Gasteiger partial charge in [-0.1, -0.05) is 18.2 Å². The molecule has 2 aromatic rings. The predicted octanol–water partition coefficient (Wildman–Crippen LogP) is 2.95. The summed E-state index contributed by atoms with van der Waals surface area (Å²) in [7, 11) is 1.77. The topological polar surface area (TPSA) is 70.7 Å². The van der Waals surface area contributed by atoms with Gasteiger partial charge in [-0.05, 0) is 44.7 Å². The number of anilines is 1. The normalized spacial score (nSPS) is 11.8. The second-order valence-electron chi connectivity index (χ2n) is 6.66. The maximum Gasteiger partial charge on any atom is 0.243 e. The van der Waals surface area contributed by atoms with Crippen LogP contribution >= 0.6 is 0 Å². The number of hydrogen-bond acceptors (Lipinski definition) is 4. The van der Waals surface area contributed by atoms with E-state index in [0.29, 0.717) is 25.6 Å². The second-order valence-corrected chi connectivity index (χ2v) is 6.66. The molecule has 6 nitrogen and oxygen atoms in total. The number of amides is 2. The molecule has 0 heterocycles. The van der Waals surface area contributed by atoms with Crippen molar-refractivity contribution in [2.75, 3.05) is 32.1 Å². The van der Waals surface area contributed by atoms with Crippen LogP contribution in [0.25, 0.3) is 0 Å². The van der Waals surface area contributed by atoms with E-state index in [-0.39, 0.29) is 0 Å². The molecule has 30 heavy (non-hydrogen) atoms. The van der Waals surface area contributed by atoms with E-state index in [1.165, 1.54) is 0 Å². The molecule has 2 rings (SSSR count). The molecule has 0 aliphatic rings. The van der Waals surface area contributed by atoms with Crippen molar-refractivity contribution in [2.45, 2.75) is 19.4 Å². The van der Waals surface area contributed by atoms with Crippen molar-refractivity contribution in [3.8, 4) is 5.75 Å². The van der Waals surface area contributed by atoms with Gasteiger partial charge in [-0.2, -0.15) is 0 Å². The fourth-order valence-electron chi connectivity index (χ4n) is 2.55. The number of carbonyl (C=O) groups excluding carboxylic acids is 2. The van der Waals surface area contributed by atoms with Crippen LogP contribution in [0.4, 0.5) is 18.9 Å². The number of nitrogens with one attached hydrogen (secondary N) is 2. The lowest BCUT2D eigenvalue weighted by Crippen LogP contribution is -2.45. The summed E-state index contributed by atoms with van der Waals surface area (Å²) < 4.78 is 45.3. The van der Waals surface area contributed by atoms with Crippen LogP contribution in [0.2, 0.25) is 0 Å². The standard InChI is InChI=1S/C21H24F3N3O3/c1-14(27(2)11-6-12-30-15-7-4-3-5-8-15)21(29)25-13-18(28)26-17-10-9-16(22)19(23)20(17)24/h3-5,7-10,14H,6,11-13H2,1-2H3,(H,25,29)(H,26,28). The minimum absolute atomic E-state index is 0.401. The van der Waals surface area contributed by atoms with Gasteiger partial charge in [0.15, 0.2) is 17.5 Å². The first-order valence-corrected chi connectivity index (χ1v) is 9.38. The molecular formula is C21H24F3N3O3. The van der Waals surface area contributed by atoms with E-state index in [9.17, 15) is 22.8 Å². The number of carbonyl (C=O) groups is 2. The third kappa shape index (κ3) is 6.77. The minimum atomic E-state index is -1.68. The Labute approximate surface area is 173 Å². The molecule has 0 aliphatic carbocycles. The summed E-state index contributed by atoms with van der Waals surface area (Å²) in [5, 5.41) is 4.52. The quantitative estimate of drug-likeness (QED) is 0.455. The van der Waals surface area contributed by atoms with E-state index in [0.717, 1.165) is 11.8 Å². The van der Waals surface area contributed by atoms with Crippen molar-refractivity contribution in [1.82, 2.24) is 10.2 Å². The fourth-order valence-corrected chi connectivity index (χ4v) is 2.55. The zero-order valence-electron chi connectivity index (χ0n) is 16.8. The van der Waals surface area contributed by atoms with E-state index < -0.39 is 47.5 Å². The van der Waals surface area contributed by atoms with Gasteiger partial charge in [-0.15, -0.1) is 0 Å². The number of ether oxygens (including phenoxy) is 1. The molecule has 0 fully saturated rings. The van der Waals surface area contributed by atoms with Gasteiger partial charge in [0.05, 0.1) is 24.9 Å². The summed E-state index contributed by atoms with van der Waals surface area (Å²) in [6, 6.07) is 10.5. The van der Waals surface area contributed by atoms with Crippen LogP contribution in [0.5, 0.6) is 5.75 Å². The Morgan fingerprint density at radius 1 is 1.07 bits per heavy atom. The van der Waals surface area contributed by atoms with Crippen molar-refractivity contribution >= 4 is 17.5 Å². The molecule has 2 amide bonds. The molecule has 1 atom stereocenters. The highest BCUT2D eigenvalue weighted by Gasteiger charge is 2.19. The van der Waals surface area contributed by atoms with Crippen molar-refractivity contribution in [1.29, 1.82) is 0 Å². The Morgan fingerprint density at radius 2 is 1.77 bits per heavy atom. The third-order valence-corrected chi connectivity index (χ3v) is 4.44. The number of para-hydroxylation sites is 1. The van der Waals surface area contributed by atoms with Crippen LogP contribution in [0, 0.1) is 17.5 Å². The molecule has 0 saturated heterocycles. The first-order chi connectivity index (χ1) is 14.3. The highest BCUT2D eigenvalue weighted by molar-refractivity contribution is 5.95. The Bertz CT molecular complexity index is 865. The van der Waals surface area contributed by atoms with Gasteiger partial charge in [-0.3, -0.25) is 14.5 Å². The summed E-state index contributed by atoms with van der Waals surface area (Å²) in [5.74, 6) is -4.93. The van der Waals surface area contributed by atoms with Crippen LogP contribution in [-0.2, 0) is 9.59 Å². The van der Waals surface area contributed by atoms with Crippen molar-refractivity contribution in [2.24, 2.45) is 0 Å². The van der Waals surface area contributed by atoms with E-state index >= 15 is 0 Å². The Hall–Kier alpha value is -3.07. The molecule has 9 heteroatoms. The zero-order valence-corrected chi connectivity index (χ0v) is 16.8. The summed E-state index contributed by atoms with van der Waals surface area (Å²) in [4.78, 5) is 25.9. The van der Waals surface area contributed by atoms with Crippen LogP contribution in [-0.4, -0.2) is 49.5 Å². The first kappa shape index (κ1) is 23.2. The smallest absolute Gasteiger partial charge is 0.243 e. The highest BCUT2D eigenvalue weighted by Crippen LogP contribution is 2.19. The second kappa shape index (κ2) is 11.2. The van der Waals surface area contributed by atoms with Crippen molar-refractivity contribution in [3.05, 3.63) is 59.9 Å². The summed E-state index contributed by atoms with van der Waals surface area (Å²) in [6.45, 7) is 2.32. The number of benzene rings is 2. The number of hydrogen-bond donors (Lipinski definition) is 2. The summed E-state index contributed by atoms with van der Waals surface area (Å²) in [5.41, 5.74) is -0.503. The molecule has 1 unspecified atom stereocenters. The molecule has 0 aromatic heterocycles. The monoisotopic (exact) mass is 423 g/mol. The molecule has 2 aromatic carbocycles. The van der Waals surface area contributed by atoms with Gasteiger partial charge in [-0.25, -0.2) is 13.2 Å². The zero-order chi connectivity index (χ0) is 22.1. The molecule has 2 N–H and O–H groups in total. The van der Waals surface area contributed by atoms with E-state index in [1.807, 2.05) is 30.3 Å². The Kier molecular flexibility index (Phi) is 8.67. The number of halogens is 3. The lowest BCUT2D eigenvalue weighted by Gasteiger charge is -2.23. The molecule has 162 valence electrons. The van der Waals surface area contributed by atoms with Crippen LogP contribution in [0.3, 0.4) is 0 Å². The average molecular weight is 423 g/mol. The molecule has 0 spiro atoms. The minimum Gasteiger partial charge on any atom is -0.494 e. The van der Waals surface area contributed by atoms with Crippen molar-refractivity contribution in [3.63, 3.8) is 0 Å². The van der Waals surface area contributed by atoms with Crippen molar-refractivity contribution < 1.29 is 27.5 Å². The molecule has 0 radical (unpaired) electrons. The molecule has 0 bridgehead atoms. The Morgan fingerprint density at radius 3 is 2.47 bits per heavy atom. The fraction of sp³-hybridized carbons (Fsp3) is 0.333. The van der Waals surface area contributed by atoms with Crippen LogP contribution < -0.4 is 15.4 Å². The number of rotatable bonds is 10. The molecular weight excluding hydrogens is 399 g/mol. The van der Waals surface area contributed by atoms with Crippen LogP contribution in [0.1, 0.15) is 13.3 Å². The maximum atomic E-state index is 13.6. The maximum absolute atomic E-state index is 13.6. The van der Waals surface area contributed by atoms with Gasteiger partial charge in [0, 0.05) is 6.54 Å². The number of likely N-dealkylation sites (N-methyl/N-ethyl adjacent to an activating group) is 1. The first-order valence-electron chi connectivity index (χ1n) is 9.38. The predicted molar refractivity (Wildman–Crippen MR) is 107 cm³/mol. The third-order valence-electron chi connectivity index (χ3n) is 4.44. The molecule has 0 aliphatic heterocycles. The van der Waals surface area contributed by atoms with E-state index in [2.05, 4.69) is 10.6 Å². The summed E-state index contributed by atoms with van der Waals surface area (Å²) in [6.07, 6.45) is 0.693. The Balaban J connectivity index is 1.71. The van der Waals surface area contributed by atoms with E-state index in [4.69, 9.17) is 4.74 Å². The van der Waals surface area contributed by atoms with Gasteiger partial charge >= 0.3 is 0 Å². The van der Waals surface area contributed by atoms with Gasteiger partial charge < -0.3 is 15.4 Å². The van der Waals surface area contributed by atoms with Crippen LogP contribution in [0.15, 0.2) is 42.5 Å².